The van der Waals surface area contributed by atoms with Crippen LogP contribution in [0.25, 0.3) is 11.0 Å². The minimum Gasteiger partial charge on any atom is -0.331 e. The molecule has 0 radical (unpaired) electrons. The lowest BCUT2D eigenvalue weighted by Gasteiger charge is -2.04. The summed E-state index contributed by atoms with van der Waals surface area (Å²) in [6.07, 6.45) is 0.858. The van der Waals surface area contributed by atoms with Crippen LogP contribution in [-0.4, -0.2) is 14.5 Å². The highest BCUT2D eigenvalue weighted by atomic mass is 35.5. The van der Waals surface area contributed by atoms with Gasteiger partial charge in [-0.3, -0.25) is 0 Å². The average molecular weight is 310 g/mol. The summed E-state index contributed by atoms with van der Waals surface area (Å²) in [6.45, 7) is 2.80. The van der Waals surface area contributed by atoms with E-state index in [4.69, 9.17) is 23.8 Å². The number of hydrogen-bond donors (Lipinski definition) is 1. The van der Waals surface area contributed by atoms with Crippen molar-refractivity contribution in [1.29, 1.82) is 0 Å². The quantitative estimate of drug-likeness (QED) is 0.729. The van der Waals surface area contributed by atoms with Gasteiger partial charge >= 0.3 is 0 Å². The first kappa shape index (κ1) is 12.8. The number of aromatic nitrogens is 3. The highest BCUT2D eigenvalue weighted by Gasteiger charge is 2.08. The van der Waals surface area contributed by atoms with Crippen LogP contribution >= 0.6 is 35.2 Å². The van der Waals surface area contributed by atoms with Gasteiger partial charge in [-0.1, -0.05) is 17.7 Å². The third-order valence-corrected chi connectivity index (χ3v) is 4.45. The molecule has 3 aromatic rings. The van der Waals surface area contributed by atoms with Gasteiger partial charge in [0.25, 0.3) is 0 Å². The second kappa shape index (κ2) is 5.07. The molecule has 6 heteroatoms. The molecular weight excluding hydrogens is 298 g/mol. The predicted molar refractivity (Wildman–Crippen MR) is 82.7 cm³/mol. The van der Waals surface area contributed by atoms with Crippen molar-refractivity contribution in [3.8, 4) is 0 Å². The predicted octanol–water partition coefficient (Wildman–Crippen LogP) is 4.36. The number of hydrogen-bond acceptors (Lipinski definition) is 3. The van der Waals surface area contributed by atoms with Crippen molar-refractivity contribution in [2.45, 2.75) is 19.9 Å². The van der Waals surface area contributed by atoms with Gasteiger partial charge in [0.2, 0.25) is 0 Å². The Balaban J connectivity index is 1.96. The fourth-order valence-corrected chi connectivity index (χ4v) is 3.35. The van der Waals surface area contributed by atoms with E-state index in [1.807, 2.05) is 29.7 Å². The lowest BCUT2D eigenvalue weighted by atomic mass is 10.3. The summed E-state index contributed by atoms with van der Waals surface area (Å²) in [5.74, 6) is 0. The Bertz CT molecular complexity index is 785. The molecule has 2 heterocycles. The molecule has 1 N–H and O–H groups in total. The molecule has 2 aromatic heterocycles. The minimum atomic E-state index is 0.704. The molecule has 0 atom stereocenters. The van der Waals surface area contributed by atoms with Crippen LogP contribution in [0.1, 0.15) is 10.7 Å². The molecule has 0 unspecified atom stereocenters. The van der Waals surface area contributed by atoms with E-state index in [1.54, 1.807) is 11.3 Å². The fourth-order valence-electron chi connectivity index (χ4n) is 2.14. The Morgan fingerprint density at radius 2 is 2.32 bits per heavy atom. The summed E-state index contributed by atoms with van der Waals surface area (Å²) in [5.41, 5.74) is 3.05. The number of imidazole rings is 1. The van der Waals surface area contributed by atoms with Crippen molar-refractivity contribution in [2.24, 2.45) is 0 Å². The largest absolute Gasteiger partial charge is 0.331 e. The number of halogens is 1. The smallest absolute Gasteiger partial charge is 0.178 e. The standard InChI is InChI=1S/C13H12ClN3S2/c1-8-15-9(7-19-8)5-6-17-12-10(14)3-2-4-11(12)16-13(17)18/h2-4,7H,5-6H2,1H3,(H,16,18). The lowest BCUT2D eigenvalue weighted by molar-refractivity contribution is 0.697. The maximum absolute atomic E-state index is 6.26. The van der Waals surface area contributed by atoms with Gasteiger partial charge in [-0.2, -0.15) is 0 Å². The monoisotopic (exact) mass is 309 g/mol. The van der Waals surface area contributed by atoms with E-state index in [0.29, 0.717) is 4.77 Å². The van der Waals surface area contributed by atoms with Crippen LogP contribution in [0, 0.1) is 11.7 Å². The zero-order valence-corrected chi connectivity index (χ0v) is 12.7. The molecule has 0 fully saturated rings. The summed E-state index contributed by atoms with van der Waals surface area (Å²) < 4.78 is 2.75. The molecule has 0 aliphatic heterocycles. The Hall–Kier alpha value is -1.17. The second-order valence-corrected chi connectivity index (χ2v) is 6.18. The number of aromatic amines is 1. The van der Waals surface area contributed by atoms with Crippen LogP contribution in [0.3, 0.4) is 0 Å². The third kappa shape index (κ3) is 2.45. The average Bonchev–Trinajstić information content (AvgIpc) is 2.91. The van der Waals surface area contributed by atoms with Gasteiger partial charge in [-0.05, 0) is 31.3 Å². The van der Waals surface area contributed by atoms with E-state index < -0.39 is 0 Å². The fraction of sp³-hybridized carbons (Fsp3) is 0.231. The summed E-state index contributed by atoms with van der Waals surface area (Å²) in [6, 6.07) is 5.79. The normalized spacial score (nSPS) is 11.3. The van der Waals surface area contributed by atoms with Crippen molar-refractivity contribution in [2.75, 3.05) is 0 Å². The van der Waals surface area contributed by atoms with Crippen molar-refractivity contribution in [1.82, 2.24) is 14.5 Å². The van der Waals surface area contributed by atoms with Crippen LogP contribution in [0.15, 0.2) is 23.6 Å². The van der Waals surface area contributed by atoms with Crippen LogP contribution in [-0.2, 0) is 13.0 Å². The Kier molecular flexibility index (Phi) is 3.43. The van der Waals surface area contributed by atoms with Crippen LogP contribution in [0.5, 0.6) is 0 Å². The number of nitrogens with one attached hydrogen (secondary N) is 1. The molecule has 0 bridgehead atoms. The van der Waals surface area contributed by atoms with E-state index in [0.717, 1.165) is 39.7 Å². The van der Waals surface area contributed by atoms with Gasteiger partial charge in [-0.15, -0.1) is 11.3 Å². The molecule has 3 rings (SSSR count). The molecular formula is C13H12ClN3S2. The number of thiazole rings is 1. The molecule has 1 aromatic carbocycles. The molecule has 19 heavy (non-hydrogen) atoms. The van der Waals surface area contributed by atoms with E-state index in [9.17, 15) is 0 Å². The first-order valence-electron chi connectivity index (χ1n) is 5.93. The summed E-state index contributed by atoms with van der Waals surface area (Å²) >= 11 is 13.3. The topological polar surface area (TPSA) is 33.6 Å². The molecule has 0 saturated carbocycles. The number of fused-ring (bicyclic) bond motifs is 1. The van der Waals surface area contributed by atoms with Gasteiger partial charge in [0, 0.05) is 18.3 Å². The molecule has 3 nitrogen and oxygen atoms in total. The molecule has 0 spiro atoms. The number of H-pyrrole nitrogens is 1. The number of aryl methyl sites for hydroxylation is 3. The third-order valence-electron chi connectivity index (χ3n) is 3.00. The molecule has 98 valence electrons. The van der Waals surface area contributed by atoms with E-state index in [1.165, 1.54) is 0 Å². The molecule has 0 amide bonds. The SMILES string of the molecule is Cc1nc(CCn2c(=S)[nH]c3cccc(Cl)c32)cs1. The van der Waals surface area contributed by atoms with Gasteiger partial charge in [0.1, 0.15) is 0 Å². The molecule has 0 saturated heterocycles. The van der Waals surface area contributed by atoms with E-state index in [2.05, 4.69) is 15.3 Å². The maximum Gasteiger partial charge on any atom is 0.178 e. The summed E-state index contributed by atoms with van der Waals surface area (Å²) in [4.78, 5) is 7.66. The Morgan fingerprint density at radius 1 is 1.47 bits per heavy atom. The minimum absolute atomic E-state index is 0.704. The van der Waals surface area contributed by atoms with Crippen molar-refractivity contribution >= 4 is 46.2 Å². The zero-order valence-electron chi connectivity index (χ0n) is 10.3. The Morgan fingerprint density at radius 3 is 3.05 bits per heavy atom. The van der Waals surface area contributed by atoms with Crippen molar-refractivity contribution in [3.63, 3.8) is 0 Å². The first-order chi connectivity index (χ1) is 9.15. The number of rotatable bonds is 3. The zero-order chi connectivity index (χ0) is 13.4. The number of para-hydroxylation sites is 1. The highest BCUT2D eigenvalue weighted by Crippen LogP contribution is 2.23. The summed E-state index contributed by atoms with van der Waals surface area (Å²) in [7, 11) is 0. The first-order valence-corrected chi connectivity index (χ1v) is 7.60. The van der Waals surface area contributed by atoms with Gasteiger partial charge < -0.3 is 9.55 Å². The van der Waals surface area contributed by atoms with Crippen LogP contribution in [0.4, 0.5) is 0 Å². The van der Waals surface area contributed by atoms with Crippen molar-refractivity contribution < 1.29 is 0 Å². The number of nitrogens with zero attached hydrogens (tertiary/aromatic N) is 2. The molecule has 0 aliphatic carbocycles. The maximum atomic E-state index is 6.26. The van der Waals surface area contributed by atoms with E-state index >= 15 is 0 Å². The molecule has 0 aliphatic rings. The van der Waals surface area contributed by atoms with Gasteiger partial charge in [0.15, 0.2) is 4.77 Å². The summed E-state index contributed by atoms with van der Waals surface area (Å²) in [5, 5.41) is 3.91. The van der Waals surface area contributed by atoms with Crippen LogP contribution in [0.2, 0.25) is 5.02 Å². The van der Waals surface area contributed by atoms with Crippen molar-refractivity contribution in [3.05, 3.63) is 44.1 Å². The Labute approximate surface area is 124 Å². The van der Waals surface area contributed by atoms with E-state index in [-0.39, 0.29) is 0 Å². The van der Waals surface area contributed by atoms with Gasteiger partial charge in [-0.25, -0.2) is 4.98 Å². The number of benzene rings is 1. The second-order valence-electron chi connectivity index (χ2n) is 4.33. The van der Waals surface area contributed by atoms with Crippen LogP contribution < -0.4 is 0 Å². The highest BCUT2D eigenvalue weighted by molar-refractivity contribution is 7.71. The van der Waals surface area contributed by atoms with Gasteiger partial charge in [0.05, 0.1) is 26.8 Å². The lowest BCUT2D eigenvalue weighted by Crippen LogP contribution is -2.02.